The van der Waals surface area contributed by atoms with Crippen LogP contribution in [0.5, 0.6) is 0 Å². The van der Waals surface area contributed by atoms with Crippen molar-refractivity contribution < 1.29 is 22.4 Å². The molecule has 0 saturated heterocycles. The molecule has 0 radical (unpaired) electrons. The maximum Gasteiger partial charge on any atom is 0.434 e. The molecule has 1 amide bonds. The lowest BCUT2D eigenvalue weighted by atomic mass is 10.1. The van der Waals surface area contributed by atoms with Gasteiger partial charge in [-0.3, -0.25) is 4.79 Å². The van der Waals surface area contributed by atoms with Gasteiger partial charge in [0.05, 0.1) is 23.6 Å². The smallest absolute Gasteiger partial charge is 0.434 e. The lowest BCUT2D eigenvalue weighted by molar-refractivity contribution is -0.143. The predicted octanol–water partition coefficient (Wildman–Crippen LogP) is 5.11. The highest BCUT2D eigenvalue weighted by atomic mass is 19.4. The Bertz CT molecular complexity index is 1180. The normalized spacial score (nSPS) is 11.5. The molecule has 0 fully saturated rings. The number of carbonyl (C=O) groups excluding carboxylic acids is 1. The maximum atomic E-state index is 13.8. The Balaban J connectivity index is 1.68. The molecule has 0 aliphatic rings. The molecule has 2 aromatic carbocycles. The fraction of sp³-hybridized carbons (Fsp3) is 0.0952. The largest absolute Gasteiger partial charge is 0.444 e. The second-order valence-corrected chi connectivity index (χ2v) is 6.55. The molecule has 2 heterocycles. The molecule has 4 rings (SSSR count). The number of alkyl halides is 3. The number of carbonyl (C=O) groups is 1. The molecule has 4 aromatic rings. The van der Waals surface area contributed by atoms with E-state index in [0.29, 0.717) is 17.0 Å². The summed E-state index contributed by atoms with van der Waals surface area (Å²) >= 11 is 0. The summed E-state index contributed by atoms with van der Waals surface area (Å²) in [5.41, 5.74) is 0.313. The predicted molar refractivity (Wildman–Crippen MR) is 103 cm³/mol. The molecular weight excluding hydrogens is 397 g/mol. The van der Waals surface area contributed by atoms with Crippen molar-refractivity contribution in [3.63, 3.8) is 0 Å². The van der Waals surface area contributed by atoms with Crippen LogP contribution in [-0.2, 0) is 6.18 Å². The molecule has 0 aliphatic heterocycles. The Labute approximate surface area is 169 Å². The van der Waals surface area contributed by atoms with Crippen molar-refractivity contribution in [2.24, 2.45) is 0 Å². The highest BCUT2D eigenvalue weighted by Crippen LogP contribution is 2.34. The molecule has 0 unspecified atom stereocenters. The minimum Gasteiger partial charge on any atom is -0.444 e. The Hall–Kier alpha value is -3.88. The Morgan fingerprint density at radius 3 is 2.53 bits per heavy atom. The van der Waals surface area contributed by atoms with Gasteiger partial charge in [-0.25, -0.2) is 9.67 Å². The molecule has 0 saturated carbocycles. The van der Waals surface area contributed by atoms with Crippen LogP contribution in [0, 0.1) is 6.92 Å². The van der Waals surface area contributed by atoms with Crippen LogP contribution in [0.3, 0.4) is 0 Å². The highest BCUT2D eigenvalue weighted by molar-refractivity contribution is 6.05. The third-order valence-corrected chi connectivity index (χ3v) is 4.40. The van der Waals surface area contributed by atoms with Gasteiger partial charge in [0, 0.05) is 11.3 Å². The topological polar surface area (TPSA) is 73.0 Å². The van der Waals surface area contributed by atoms with Gasteiger partial charge in [0.15, 0.2) is 17.8 Å². The zero-order chi connectivity index (χ0) is 21.3. The second-order valence-electron chi connectivity index (χ2n) is 6.55. The Morgan fingerprint density at radius 2 is 1.87 bits per heavy atom. The van der Waals surface area contributed by atoms with E-state index in [1.165, 1.54) is 24.7 Å². The third kappa shape index (κ3) is 3.82. The molecule has 0 spiro atoms. The van der Waals surface area contributed by atoms with E-state index >= 15 is 0 Å². The molecule has 6 nitrogen and oxygen atoms in total. The first-order valence-electron chi connectivity index (χ1n) is 8.85. The van der Waals surface area contributed by atoms with Gasteiger partial charge in [0.1, 0.15) is 0 Å². The Morgan fingerprint density at radius 1 is 1.10 bits per heavy atom. The highest BCUT2D eigenvalue weighted by Gasteiger charge is 2.40. The molecule has 0 aliphatic carbocycles. The first-order valence-corrected chi connectivity index (χ1v) is 8.85. The van der Waals surface area contributed by atoms with Crippen LogP contribution in [0.4, 0.5) is 18.9 Å². The summed E-state index contributed by atoms with van der Waals surface area (Å²) in [5, 5.41) is 6.31. The number of nitrogens with zero attached hydrogens (tertiary/aromatic N) is 3. The average molecular weight is 412 g/mol. The van der Waals surface area contributed by atoms with Crippen molar-refractivity contribution in [2.45, 2.75) is 13.1 Å². The van der Waals surface area contributed by atoms with E-state index in [2.05, 4.69) is 15.4 Å². The van der Waals surface area contributed by atoms with Crippen molar-refractivity contribution in [2.75, 3.05) is 5.32 Å². The van der Waals surface area contributed by atoms with E-state index in [4.69, 9.17) is 4.42 Å². The van der Waals surface area contributed by atoms with Gasteiger partial charge in [-0.15, -0.1) is 0 Å². The van der Waals surface area contributed by atoms with Crippen molar-refractivity contribution in [1.29, 1.82) is 0 Å². The van der Waals surface area contributed by atoms with Crippen molar-refractivity contribution in [3.05, 3.63) is 84.1 Å². The first-order chi connectivity index (χ1) is 14.3. The molecule has 0 atom stereocenters. The number of hydrogen-bond acceptors (Lipinski definition) is 4. The van der Waals surface area contributed by atoms with Crippen LogP contribution in [0.25, 0.3) is 17.0 Å². The van der Waals surface area contributed by atoms with Gasteiger partial charge in [-0.2, -0.15) is 18.3 Å². The first kappa shape index (κ1) is 19.4. The molecule has 2 aromatic heterocycles. The van der Waals surface area contributed by atoms with Gasteiger partial charge < -0.3 is 9.73 Å². The number of anilines is 1. The minimum atomic E-state index is -4.78. The standard InChI is InChI=1S/C21H15F3N4O2/c1-13-5-7-16(8-6-13)28-19(21(22,23)24)17(10-26-28)20(29)27-15-4-2-3-14(9-15)18-11-25-12-30-18/h2-12H,1H3,(H,27,29). The molecular formula is C21H15F3N4O2. The number of aromatic nitrogens is 3. The fourth-order valence-electron chi connectivity index (χ4n) is 2.98. The summed E-state index contributed by atoms with van der Waals surface area (Å²) in [4.78, 5) is 16.5. The SMILES string of the molecule is Cc1ccc(-n2ncc(C(=O)Nc3cccc(-c4cnco4)c3)c2C(F)(F)F)cc1. The molecule has 0 bridgehead atoms. The monoisotopic (exact) mass is 412 g/mol. The van der Waals surface area contributed by atoms with Gasteiger partial charge in [0.2, 0.25) is 0 Å². The summed E-state index contributed by atoms with van der Waals surface area (Å²) in [6.45, 7) is 1.82. The van der Waals surface area contributed by atoms with E-state index in [0.717, 1.165) is 16.4 Å². The number of halogens is 3. The summed E-state index contributed by atoms with van der Waals surface area (Å²) < 4.78 is 47.3. The van der Waals surface area contributed by atoms with E-state index < -0.39 is 23.3 Å². The van der Waals surface area contributed by atoms with Crippen molar-refractivity contribution in [1.82, 2.24) is 14.8 Å². The Kier molecular flexibility index (Phi) is 4.86. The van der Waals surface area contributed by atoms with E-state index in [1.54, 1.807) is 36.4 Å². The summed E-state index contributed by atoms with van der Waals surface area (Å²) in [6.07, 6.45) is -1.11. The number of hydrogen-bond donors (Lipinski definition) is 1. The number of aryl methyl sites for hydroxylation is 1. The zero-order valence-corrected chi connectivity index (χ0v) is 15.6. The van der Waals surface area contributed by atoms with Crippen LogP contribution < -0.4 is 5.32 Å². The fourth-order valence-corrected chi connectivity index (χ4v) is 2.98. The number of nitrogens with one attached hydrogen (secondary N) is 1. The van der Waals surface area contributed by atoms with Crippen LogP contribution in [0.15, 0.2) is 71.7 Å². The van der Waals surface area contributed by atoms with Crippen LogP contribution in [-0.4, -0.2) is 20.7 Å². The lowest BCUT2D eigenvalue weighted by Gasteiger charge is -2.13. The van der Waals surface area contributed by atoms with Crippen LogP contribution in [0.2, 0.25) is 0 Å². The molecule has 152 valence electrons. The lowest BCUT2D eigenvalue weighted by Crippen LogP contribution is -2.20. The molecule has 30 heavy (non-hydrogen) atoms. The summed E-state index contributed by atoms with van der Waals surface area (Å²) in [6, 6.07) is 12.9. The summed E-state index contributed by atoms with van der Waals surface area (Å²) in [7, 11) is 0. The number of rotatable bonds is 4. The number of oxazole rings is 1. The van der Waals surface area contributed by atoms with Crippen molar-refractivity contribution in [3.8, 4) is 17.0 Å². The minimum absolute atomic E-state index is 0.208. The van der Waals surface area contributed by atoms with Gasteiger partial charge in [0.25, 0.3) is 5.91 Å². The quantitative estimate of drug-likeness (QED) is 0.506. The second kappa shape index (κ2) is 7.51. The van der Waals surface area contributed by atoms with E-state index in [1.807, 2.05) is 6.92 Å². The third-order valence-electron chi connectivity index (χ3n) is 4.40. The molecule has 1 N–H and O–H groups in total. The van der Waals surface area contributed by atoms with E-state index in [-0.39, 0.29) is 5.69 Å². The average Bonchev–Trinajstić information content (AvgIpc) is 3.39. The molecule has 9 heteroatoms. The maximum absolute atomic E-state index is 13.8. The van der Waals surface area contributed by atoms with Crippen LogP contribution >= 0.6 is 0 Å². The van der Waals surface area contributed by atoms with Gasteiger partial charge in [-0.1, -0.05) is 29.8 Å². The number of benzene rings is 2. The van der Waals surface area contributed by atoms with Crippen LogP contribution in [0.1, 0.15) is 21.6 Å². The van der Waals surface area contributed by atoms with E-state index in [9.17, 15) is 18.0 Å². The number of amides is 1. The van der Waals surface area contributed by atoms with Gasteiger partial charge in [-0.05, 0) is 31.2 Å². The zero-order valence-electron chi connectivity index (χ0n) is 15.6. The van der Waals surface area contributed by atoms with Crippen molar-refractivity contribution >= 4 is 11.6 Å². The van der Waals surface area contributed by atoms with Gasteiger partial charge >= 0.3 is 6.18 Å². The summed E-state index contributed by atoms with van der Waals surface area (Å²) in [5.74, 6) is -0.454.